The van der Waals surface area contributed by atoms with E-state index < -0.39 is 6.04 Å². The summed E-state index contributed by atoms with van der Waals surface area (Å²) in [5.41, 5.74) is 6.61. The molecule has 0 unspecified atom stereocenters. The highest BCUT2D eigenvalue weighted by Crippen LogP contribution is 2.32. The fourth-order valence-electron chi connectivity index (χ4n) is 5.64. The number of nitrogens with one attached hydrogen (secondary N) is 1. The molecule has 1 atom stereocenters. The van der Waals surface area contributed by atoms with Gasteiger partial charge in [0.1, 0.15) is 6.04 Å². The number of fused-ring (bicyclic) bond motifs is 1. The zero-order valence-corrected chi connectivity index (χ0v) is 25.0. The Bertz CT molecular complexity index is 1900. The van der Waals surface area contributed by atoms with Gasteiger partial charge < -0.3 is 4.98 Å². The van der Waals surface area contributed by atoms with Gasteiger partial charge in [-0.3, -0.25) is 9.69 Å². The molecule has 1 N–H and O–H groups in total. The maximum atomic E-state index is 14.0. The van der Waals surface area contributed by atoms with Crippen LogP contribution >= 0.6 is 11.6 Å². The van der Waals surface area contributed by atoms with E-state index in [1.165, 1.54) is 5.56 Å². The zero-order valence-electron chi connectivity index (χ0n) is 24.2. The summed E-state index contributed by atoms with van der Waals surface area (Å²) >= 11 is 6.70. The van der Waals surface area contributed by atoms with E-state index in [0.717, 1.165) is 39.6 Å². The maximum absolute atomic E-state index is 14.0. The summed E-state index contributed by atoms with van der Waals surface area (Å²) in [6, 6.07) is 33.9. The third-order valence-electron chi connectivity index (χ3n) is 7.95. The molecule has 216 valence electrons. The number of tetrazole rings is 1. The quantitative estimate of drug-likeness (QED) is 0.190. The minimum absolute atomic E-state index is 0.166. The molecule has 6 aromatic rings. The van der Waals surface area contributed by atoms with Crippen molar-refractivity contribution in [2.75, 3.05) is 0 Å². The van der Waals surface area contributed by atoms with Crippen LogP contribution in [0.1, 0.15) is 45.2 Å². The molecule has 43 heavy (non-hydrogen) atoms. The molecule has 2 heterocycles. The number of hydrogen-bond donors (Lipinski definition) is 1. The number of pyridine rings is 1. The maximum Gasteiger partial charge on any atom is 0.253 e. The van der Waals surface area contributed by atoms with Crippen molar-refractivity contribution in [2.24, 2.45) is 0 Å². The Balaban J connectivity index is 1.52. The molecule has 0 aliphatic heterocycles. The van der Waals surface area contributed by atoms with Crippen LogP contribution in [0.2, 0.25) is 5.02 Å². The molecule has 8 heteroatoms. The average Bonchev–Trinajstić information content (AvgIpc) is 3.49. The van der Waals surface area contributed by atoms with Crippen molar-refractivity contribution in [1.29, 1.82) is 0 Å². The Morgan fingerprint density at radius 3 is 2.26 bits per heavy atom. The Morgan fingerprint density at radius 1 is 0.837 bits per heavy atom. The van der Waals surface area contributed by atoms with E-state index in [-0.39, 0.29) is 5.56 Å². The van der Waals surface area contributed by atoms with Gasteiger partial charge in [-0.1, -0.05) is 103 Å². The predicted molar refractivity (Wildman–Crippen MR) is 171 cm³/mol. The lowest BCUT2D eigenvalue weighted by atomic mass is 9.98. The van der Waals surface area contributed by atoms with Crippen molar-refractivity contribution in [3.05, 3.63) is 158 Å². The summed E-state index contributed by atoms with van der Waals surface area (Å²) in [5, 5.41) is 14.8. The van der Waals surface area contributed by atoms with Crippen LogP contribution in [-0.2, 0) is 26.1 Å². The van der Waals surface area contributed by atoms with Gasteiger partial charge in [0, 0.05) is 35.6 Å². The first-order valence-corrected chi connectivity index (χ1v) is 14.8. The molecule has 0 spiro atoms. The van der Waals surface area contributed by atoms with Gasteiger partial charge in [0.15, 0.2) is 5.82 Å². The summed E-state index contributed by atoms with van der Waals surface area (Å²) in [4.78, 5) is 19.4. The molecule has 0 bridgehead atoms. The Kier molecular flexibility index (Phi) is 8.45. The van der Waals surface area contributed by atoms with Crippen molar-refractivity contribution in [3.63, 3.8) is 0 Å². The van der Waals surface area contributed by atoms with Crippen molar-refractivity contribution in [2.45, 2.75) is 45.9 Å². The average molecular weight is 589 g/mol. The summed E-state index contributed by atoms with van der Waals surface area (Å²) < 4.78 is 1.83. The first kappa shape index (κ1) is 28.5. The van der Waals surface area contributed by atoms with Gasteiger partial charge >= 0.3 is 0 Å². The van der Waals surface area contributed by atoms with Crippen LogP contribution in [0.3, 0.4) is 0 Å². The van der Waals surface area contributed by atoms with Crippen molar-refractivity contribution < 1.29 is 0 Å². The van der Waals surface area contributed by atoms with Gasteiger partial charge in [-0.05, 0) is 70.6 Å². The zero-order chi connectivity index (χ0) is 29.8. The lowest BCUT2D eigenvalue weighted by Gasteiger charge is -2.31. The molecule has 0 aliphatic rings. The Labute approximate surface area is 255 Å². The molecule has 2 aromatic heterocycles. The molecule has 0 aliphatic carbocycles. The van der Waals surface area contributed by atoms with Crippen molar-refractivity contribution in [1.82, 2.24) is 30.1 Å². The van der Waals surface area contributed by atoms with Crippen LogP contribution in [0.4, 0.5) is 0 Å². The van der Waals surface area contributed by atoms with E-state index in [1.54, 1.807) is 0 Å². The van der Waals surface area contributed by atoms with Crippen LogP contribution in [0.5, 0.6) is 0 Å². The van der Waals surface area contributed by atoms with E-state index in [2.05, 4.69) is 62.7 Å². The van der Waals surface area contributed by atoms with Crippen molar-refractivity contribution in [3.8, 4) is 0 Å². The molecule has 0 amide bonds. The monoisotopic (exact) mass is 588 g/mol. The van der Waals surface area contributed by atoms with Gasteiger partial charge in [0.05, 0.1) is 5.52 Å². The molecule has 0 radical (unpaired) electrons. The molecule has 0 saturated carbocycles. The number of benzene rings is 4. The number of hydrogen-bond acceptors (Lipinski definition) is 5. The molecule has 7 nitrogen and oxygen atoms in total. The third kappa shape index (κ3) is 6.28. The summed E-state index contributed by atoms with van der Waals surface area (Å²) in [7, 11) is 0. The number of aryl methyl sites for hydroxylation is 4. The normalized spacial score (nSPS) is 12.2. The predicted octanol–water partition coefficient (Wildman–Crippen LogP) is 6.82. The van der Waals surface area contributed by atoms with Crippen LogP contribution in [-0.4, -0.2) is 30.1 Å². The van der Waals surface area contributed by atoms with Crippen LogP contribution in [0, 0.1) is 13.8 Å². The van der Waals surface area contributed by atoms with Crippen LogP contribution < -0.4 is 5.56 Å². The molecular weight excluding hydrogens is 556 g/mol. The Morgan fingerprint density at radius 2 is 1.51 bits per heavy atom. The number of halogens is 1. The first-order valence-electron chi connectivity index (χ1n) is 14.4. The largest absolute Gasteiger partial charge is 0.321 e. The second kappa shape index (κ2) is 12.7. The topological polar surface area (TPSA) is 79.7 Å². The fourth-order valence-corrected chi connectivity index (χ4v) is 5.84. The standard InChI is InChI=1S/C35H33ClN6O/c1-24-17-18-25(2)32-29(24)21-30(35(43)37-32)33(34-38-39-40-42(34)20-19-26-11-5-3-6-12-26)41(22-27-13-7-4-8-14-27)23-28-15-9-10-16-31(28)36/h3-18,21,33H,19-20,22-23H2,1-2H3,(H,37,43)/t33-/m0/s1. The van der Waals surface area contributed by atoms with Crippen LogP contribution in [0.15, 0.2) is 108 Å². The van der Waals surface area contributed by atoms with Crippen LogP contribution in [0.25, 0.3) is 10.9 Å². The number of aromatic amines is 1. The number of H-pyrrole nitrogens is 1. The highest BCUT2D eigenvalue weighted by atomic mass is 35.5. The van der Waals surface area contributed by atoms with E-state index in [9.17, 15) is 4.79 Å². The molecule has 6 rings (SSSR count). The second-order valence-corrected chi connectivity index (χ2v) is 11.3. The van der Waals surface area contributed by atoms with E-state index >= 15 is 0 Å². The van der Waals surface area contributed by atoms with Crippen molar-refractivity contribution >= 4 is 22.5 Å². The fraction of sp³-hybridized carbons (Fsp3) is 0.200. The number of nitrogens with zero attached hydrogens (tertiary/aromatic N) is 5. The SMILES string of the molecule is Cc1ccc(C)c2[nH]c(=O)c([C@@H](c3nnnn3CCc3ccccc3)N(Cc3ccccc3)Cc3ccccc3Cl)cc12. The molecule has 0 fully saturated rings. The number of aromatic nitrogens is 5. The van der Waals surface area contributed by atoms with Gasteiger partial charge in [-0.2, -0.15) is 0 Å². The first-order chi connectivity index (χ1) is 21.0. The lowest BCUT2D eigenvalue weighted by Crippen LogP contribution is -2.35. The summed E-state index contributed by atoms with van der Waals surface area (Å²) in [6.45, 7) is 5.67. The van der Waals surface area contributed by atoms with Gasteiger partial charge in [0.25, 0.3) is 5.56 Å². The molecular formula is C35H33ClN6O. The summed E-state index contributed by atoms with van der Waals surface area (Å²) in [5.74, 6) is 0.606. The minimum Gasteiger partial charge on any atom is -0.321 e. The second-order valence-electron chi connectivity index (χ2n) is 10.9. The lowest BCUT2D eigenvalue weighted by molar-refractivity contribution is 0.193. The smallest absolute Gasteiger partial charge is 0.253 e. The van der Waals surface area contributed by atoms with Gasteiger partial charge in [-0.25, -0.2) is 4.68 Å². The highest BCUT2D eigenvalue weighted by molar-refractivity contribution is 6.31. The highest BCUT2D eigenvalue weighted by Gasteiger charge is 2.31. The van der Waals surface area contributed by atoms with Gasteiger partial charge in [0.2, 0.25) is 0 Å². The van der Waals surface area contributed by atoms with E-state index in [1.807, 2.05) is 84.4 Å². The van der Waals surface area contributed by atoms with Gasteiger partial charge in [-0.15, -0.1) is 5.10 Å². The minimum atomic E-state index is -0.560. The molecule has 0 saturated heterocycles. The molecule has 4 aromatic carbocycles. The van der Waals surface area contributed by atoms with E-state index in [4.69, 9.17) is 11.6 Å². The number of rotatable bonds is 10. The third-order valence-corrected chi connectivity index (χ3v) is 8.32. The Hall–Kier alpha value is -4.59. The van der Waals surface area contributed by atoms with E-state index in [0.29, 0.717) is 36.0 Å². The summed E-state index contributed by atoms with van der Waals surface area (Å²) in [6.07, 6.45) is 0.751.